The van der Waals surface area contributed by atoms with Crippen LogP contribution in [-0.4, -0.2) is 15.7 Å². The van der Waals surface area contributed by atoms with Gasteiger partial charge in [-0.3, -0.25) is 0 Å². The highest BCUT2D eigenvalue weighted by Gasteiger charge is 2.33. The summed E-state index contributed by atoms with van der Waals surface area (Å²) in [7, 11) is 12.2. The SMILES string of the molecule is [B]C1([B])c2ccccc2-c2ccc(F)cc21. The summed E-state index contributed by atoms with van der Waals surface area (Å²) in [6, 6.07) is 12.2. The van der Waals surface area contributed by atoms with E-state index >= 15 is 0 Å². The number of hydrogen-bond donors (Lipinski definition) is 0. The molecule has 0 saturated carbocycles. The molecule has 0 saturated heterocycles. The molecule has 0 bridgehead atoms. The molecule has 0 heterocycles. The standard InChI is InChI=1S/C13H7B2F/c14-13(15)11-4-2-1-3-9(11)10-6-5-8(16)7-12(10)13/h1-7H. The monoisotopic (exact) mass is 204 g/mol. The van der Waals surface area contributed by atoms with Crippen molar-refractivity contribution < 1.29 is 4.39 Å². The molecule has 0 fully saturated rings. The molecule has 0 atom stereocenters. The van der Waals surface area contributed by atoms with Crippen LogP contribution < -0.4 is 0 Å². The zero-order chi connectivity index (χ0) is 11.3. The van der Waals surface area contributed by atoms with Crippen molar-refractivity contribution in [3.05, 3.63) is 59.4 Å². The van der Waals surface area contributed by atoms with Crippen molar-refractivity contribution in [2.75, 3.05) is 0 Å². The number of hydrogen-bond acceptors (Lipinski definition) is 0. The van der Waals surface area contributed by atoms with Crippen LogP contribution in [0.2, 0.25) is 0 Å². The fraction of sp³-hybridized carbons (Fsp3) is 0.0769. The van der Waals surface area contributed by atoms with Crippen LogP contribution >= 0.6 is 0 Å². The van der Waals surface area contributed by atoms with Crippen LogP contribution in [0, 0.1) is 5.82 Å². The van der Waals surface area contributed by atoms with Gasteiger partial charge in [0.15, 0.2) is 0 Å². The molecule has 0 aliphatic heterocycles. The van der Waals surface area contributed by atoms with Gasteiger partial charge in [-0.2, -0.15) is 0 Å². The number of benzene rings is 2. The summed E-state index contributed by atoms with van der Waals surface area (Å²) >= 11 is 0. The van der Waals surface area contributed by atoms with Crippen molar-refractivity contribution in [2.24, 2.45) is 0 Å². The first-order valence-electron chi connectivity index (χ1n) is 5.08. The highest BCUT2D eigenvalue weighted by molar-refractivity contribution is 6.44. The molecule has 3 heteroatoms. The molecule has 3 rings (SSSR count). The number of fused-ring (bicyclic) bond motifs is 3. The summed E-state index contributed by atoms with van der Waals surface area (Å²) in [6.07, 6.45) is 0. The van der Waals surface area contributed by atoms with Gasteiger partial charge in [-0.1, -0.05) is 35.5 Å². The van der Waals surface area contributed by atoms with E-state index in [9.17, 15) is 4.39 Å². The molecular weight excluding hydrogens is 197 g/mol. The Kier molecular flexibility index (Phi) is 1.82. The highest BCUT2D eigenvalue weighted by atomic mass is 19.1. The molecule has 1 aliphatic carbocycles. The van der Waals surface area contributed by atoms with Crippen LogP contribution in [0.3, 0.4) is 0 Å². The van der Waals surface area contributed by atoms with Crippen molar-refractivity contribution >= 4 is 15.7 Å². The van der Waals surface area contributed by atoms with Gasteiger partial charge < -0.3 is 0 Å². The second-order valence-electron chi connectivity index (χ2n) is 4.10. The topological polar surface area (TPSA) is 0 Å². The van der Waals surface area contributed by atoms with Crippen molar-refractivity contribution in [2.45, 2.75) is 5.21 Å². The van der Waals surface area contributed by atoms with Crippen LogP contribution in [0.5, 0.6) is 0 Å². The molecule has 0 amide bonds. The van der Waals surface area contributed by atoms with Gasteiger partial charge in [0.1, 0.15) is 5.82 Å². The van der Waals surface area contributed by atoms with Gasteiger partial charge in [-0.15, -0.1) is 0 Å². The minimum Gasteiger partial charge on any atom is -0.207 e. The molecule has 2 aromatic carbocycles. The molecule has 0 unspecified atom stereocenters. The Bertz CT molecular complexity index is 576. The first-order valence-corrected chi connectivity index (χ1v) is 5.08. The van der Waals surface area contributed by atoms with Gasteiger partial charge in [0.2, 0.25) is 0 Å². The van der Waals surface area contributed by atoms with Crippen molar-refractivity contribution in [3.63, 3.8) is 0 Å². The highest BCUT2D eigenvalue weighted by Crippen LogP contribution is 2.45. The van der Waals surface area contributed by atoms with E-state index in [0.29, 0.717) is 5.56 Å². The lowest BCUT2D eigenvalue weighted by Crippen LogP contribution is -2.25. The minimum atomic E-state index is -1.09. The van der Waals surface area contributed by atoms with Gasteiger partial charge >= 0.3 is 0 Å². The maximum absolute atomic E-state index is 13.2. The Labute approximate surface area is 96.3 Å². The summed E-state index contributed by atoms with van der Waals surface area (Å²) in [6.45, 7) is 0. The van der Waals surface area contributed by atoms with Crippen LogP contribution in [0.4, 0.5) is 4.39 Å². The third-order valence-electron chi connectivity index (χ3n) is 3.09. The largest absolute Gasteiger partial charge is 0.207 e. The average Bonchev–Trinajstić information content (AvgIpc) is 2.49. The van der Waals surface area contributed by atoms with E-state index in [1.165, 1.54) is 12.1 Å². The average molecular weight is 204 g/mol. The predicted molar refractivity (Wildman–Crippen MR) is 64.1 cm³/mol. The van der Waals surface area contributed by atoms with Crippen LogP contribution in [-0.2, 0) is 5.21 Å². The van der Waals surface area contributed by atoms with Crippen molar-refractivity contribution in [1.82, 2.24) is 0 Å². The Balaban J connectivity index is 2.39. The van der Waals surface area contributed by atoms with E-state index < -0.39 is 5.21 Å². The lowest BCUT2D eigenvalue weighted by Gasteiger charge is -2.22. The van der Waals surface area contributed by atoms with E-state index in [1.54, 1.807) is 6.07 Å². The van der Waals surface area contributed by atoms with Crippen LogP contribution in [0.15, 0.2) is 42.5 Å². The molecule has 0 nitrogen and oxygen atoms in total. The minimum absolute atomic E-state index is 0.313. The molecule has 0 N–H and O–H groups in total. The molecule has 72 valence electrons. The van der Waals surface area contributed by atoms with E-state index in [4.69, 9.17) is 15.7 Å². The lowest BCUT2D eigenvalue weighted by molar-refractivity contribution is 0.626. The molecule has 16 heavy (non-hydrogen) atoms. The second-order valence-corrected chi connectivity index (χ2v) is 4.10. The fourth-order valence-electron chi connectivity index (χ4n) is 2.32. The molecule has 2 aromatic rings. The molecular formula is C13H7B2F. The van der Waals surface area contributed by atoms with Gasteiger partial charge in [-0.25, -0.2) is 4.39 Å². The molecule has 0 aromatic heterocycles. The first kappa shape index (κ1) is 9.71. The van der Waals surface area contributed by atoms with Crippen LogP contribution in [0.1, 0.15) is 11.1 Å². The Hall–Kier alpha value is -1.50. The van der Waals surface area contributed by atoms with Crippen molar-refractivity contribution in [1.29, 1.82) is 0 Å². The van der Waals surface area contributed by atoms with Crippen LogP contribution in [0.25, 0.3) is 11.1 Å². The Morgan fingerprint density at radius 1 is 0.875 bits per heavy atom. The summed E-state index contributed by atoms with van der Waals surface area (Å²) in [5.41, 5.74) is 3.40. The first-order chi connectivity index (χ1) is 7.60. The third-order valence-corrected chi connectivity index (χ3v) is 3.09. The third kappa shape index (κ3) is 1.12. The predicted octanol–water partition coefficient (Wildman–Crippen LogP) is 2.34. The van der Waals surface area contributed by atoms with Crippen molar-refractivity contribution in [3.8, 4) is 11.1 Å². The van der Waals surface area contributed by atoms with Gasteiger partial charge in [-0.05, 0) is 34.4 Å². The molecule has 1 aliphatic rings. The van der Waals surface area contributed by atoms with Gasteiger partial charge in [0.05, 0.1) is 15.7 Å². The lowest BCUT2D eigenvalue weighted by atomic mass is 9.50. The summed E-state index contributed by atoms with van der Waals surface area (Å²) < 4.78 is 13.2. The molecule has 4 radical (unpaired) electrons. The van der Waals surface area contributed by atoms with Gasteiger partial charge in [0, 0.05) is 0 Å². The Morgan fingerprint density at radius 2 is 1.56 bits per heavy atom. The summed E-state index contributed by atoms with van der Waals surface area (Å²) in [5, 5.41) is -1.09. The van der Waals surface area contributed by atoms with E-state index in [2.05, 4.69) is 0 Å². The quantitative estimate of drug-likeness (QED) is 0.577. The maximum Gasteiger partial charge on any atom is 0.123 e. The zero-order valence-electron chi connectivity index (χ0n) is 8.57. The van der Waals surface area contributed by atoms with E-state index in [-0.39, 0.29) is 5.82 Å². The second kappa shape index (κ2) is 3.00. The number of halogens is 1. The van der Waals surface area contributed by atoms with Gasteiger partial charge in [0.25, 0.3) is 0 Å². The zero-order valence-corrected chi connectivity index (χ0v) is 8.57. The fourth-order valence-corrected chi connectivity index (χ4v) is 2.32. The smallest absolute Gasteiger partial charge is 0.123 e. The Morgan fingerprint density at radius 3 is 2.38 bits per heavy atom. The maximum atomic E-state index is 13.2. The van der Waals surface area contributed by atoms with E-state index in [0.717, 1.165) is 16.7 Å². The summed E-state index contributed by atoms with van der Waals surface area (Å²) in [4.78, 5) is 0. The molecule has 0 spiro atoms. The van der Waals surface area contributed by atoms with E-state index in [1.807, 2.05) is 24.3 Å². The summed E-state index contributed by atoms with van der Waals surface area (Å²) in [5.74, 6) is -0.313. The number of rotatable bonds is 0. The normalized spacial score (nSPS) is 15.6.